The van der Waals surface area contributed by atoms with Crippen LogP contribution >= 0.6 is 11.3 Å². The van der Waals surface area contributed by atoms with Crippen LogP contribution < -0.4 is 5.73 Å². The molecule has 0 bridgehead atoms. The summed E-state index contributed by atoms with van der Waals surface area (Å²) in [7, 11) is 0. The second-order valence-corrected chi connectivity index (χ2v) is 6.06. The Morgan fingerprint density at radius 1 is 1.44 bits per heavy atom. The minimum atomic E-state index is 0.513. The number of nitrogen functional groups attached to an aromatic ring is 1. The highest BCUT2D eigenvalue weighted by molar-refractivity contribution is 7.15. The van der Waals surface area contributed by atoms with Crippen molar-refractivity contribution in [1.82, 2.24) is 4.98 Å². The molecule has 0 spiro atoms. The summed E-state index contributed by atoms with van der Waals surface area (Å²) in [4.78, 5) is 5.80. The number of hydrogen-bond acceptors (Lipinski definition) is 3. The number of nitrogens with two attached hydrogens (primary N) is 1. The van der Waals surface area contributed by atoms with E-state index in [9.17, 15) is 0 Å². The van der Waals surface area contributed by atoms with E-state index in [1.807, 2.05) is 0 Å². The first-order valence-corrected chi connectivity index (χ1v) is 7.35. The van der Waals surface area contributed by atoms with Crippen LogP contribution in [-0.4, -0.2) is 4.98 Å². The normalized spacial score (nSPS) is 18.0. The van der Waals surface area contributed by atoms with Crippen molar-refractivity contribution in [3.8, 4) is 0 Å². The third-order valence-corrected chi connectivity index (χ3v) is 4.92. The molecule has 3 rings (SSSR count). The van der Waals surface area contributed by atoms with Gasteiger partial charge in [0.1, 0.15) is 0 Å². The molecule has 0 saturated heterocycles. The Morgan fingerprint density at radius 3 is 3.00 bits per heavy atom. The lowest BCUT2D eigenvalue weighted by atomic mass is 9.94. The largest absolute Gasteiger partial charge is 0.375 e. The topological polar surface area (TPSA) is 38.9 Å². The van der Waals surface area contributed by atoms with Crippen LogP contribution in [0.3, 0.4) is 0 Å². The van der Waals surface area contributed by atoms with Gasteiger partial charge < -0.3 is 5.73 Å². The van der Waals surface area contributed by atoms with Gasteiger partial charge in [-0.15, -0.1) is 11.3 Å². The highest BCUT2D eigenvalue weighted by Gasteiger charge is 2.27. The van der Waals surface area contributed by atoms with Gasteiger partial charge in [0.25, 0.3) is 0 Å². The van der Waals surface area contributed by atoms with Gasteiger partial charge in [-0.25, -0.2) is 4.98 Å². The predicted molar refractivity (Wildman–Crippen MR) is 77.2 cm³/mol. The molecule has 0 fully saturated rings. The van der Waals surface area contributed by atoms with Gasteiger partial charge in [0.15, 0.2) is 5.13 Å². The van der Waals surface area contributed by atoms with Gasteiger partial charge >= 0.3 is 0 Å². The third-order valence-electron chi connectivity index (χ3n) is 3.88. The molecule has 1 aliphatic carbocycles. The maximum atomic E-state index is 5.81. The van der Waals surface area contributed by atoms with E-state index in [2.05, 4.69) is 37.0 Å². The first kappa shape index (κ1) is 11.7. The van der Waals surface area contributed by atoms with E-state index in [1.54, 1.807) is 11.3 Å². The fourth-order valence-corrected chi connectivity index (χ4v) is 3.94. The van der Waals surface area contributed by atoms with Crippen LogP contribution in [0.15, 0.2) is 18.2 Å². The Hall–Kier alpha value is -1.35. The van der Waals surface area contributed by atoms with E-state index >= 15 is 0 Å². The number of benzene rings is 1. The van der Waals surface area contributed by atoms with Crippen LogP contribution in [0.25, 0.3) is 0 Å². The fraction of sp³-hybridized carbons (Fsp3) is 0.400. The quantitative estimate of drug-likeness (QED) is 0.892. The third kappa shape index (κ3) is 1.83. The van der Waals surface area contributed by atoms with E-state index in [1.165, 1.54) is 33.7 Å². The summed E-state index contributed by atoms with van der Waals surface area (Å²) in [6, 6.07) is 6.89. The molecule has 2 N–H and O–H groups in total. The second kappa shape index (κ2) is 4.39. The number of hydrogen-bond donors (Lipinski definition) is 1. The standard InChI is InChI=1S/C15H18N2S/c1-3-10-4-5-11(8-9(10)2)12-6-7-13-14(12)18-15(16)17-13/h4-5,8,12H,3,6-7H2,1-2H3,(H2,16,17). The van der Waals surface area contributed by atoms with Gasteiger partial charge in [0.05, 0.1) is 5.69 Å². The zero-order chi connectivity index (χ0) is 12.7. The summed E-state index contributed by atoms with van der Waals surface area (Å²) >= 11 is 1.66. The molecule has 0 amide bonds. The van der Waals surface area contributed by atoms with Crippen molar-refractivity contribution in [2.24, 2.45) is 0 Å². The molecule has 1 atom stereocenters. The highest BCUT2D eigenvalue weighted by Crippen LogP contribution is 2.42. The van der Waals surface area contributed by atoms with Crippen LogP contribution in [-0.2, 0) is 12.8 Å². The molecule has 2 nitrogen and oxygen atoms in total. The Kier molecular flexibility index (Phi) is 2.86. The predicted octanol–water partition coefficient (Wildman–Crippen LogP) is 3.67. The average molecular weight is 258 g/mol. The lowest BCUT2D eigenvalue weighted by Gasteiger charge is -2.12. The van der Waals surface area contributed by atoms with E-state index in [0.29, 0.717) is 11.0 Å². The van der Waals surface area contributed by atoms with Crippen molar-refractivity contribution in [3.05, 3.63) is 45.5 Å². The van der Waals surface area contributed by atoms with E-state index < -0.39 is 0 Å². The van der Waals surface area contributed by atoms with Crippen molar-refractivity contribution >= 4 is 16.5 Å². The molecule has 0 radical (unpaired) electrons. The minimum Gasteiger partial charge on any atom is -0.375 e. The van der Waals surface area contributed by atoms with Crippen LogP contribution in [0.4, 0.5) is 5.13 Å². The van der Waals surface area contributed by atoms with Crippen molar-refractivity contribution in [2.45, 2.75) is 39.0 Å². The smallest absolute Gasteiger partial charge is 0.180 e. The van der Waals surface area contributed by atoms with Gasteiger partial charge in [-0.1, -0.05) is 25.1 Å². The molecule has 94 valence electrons. The van der Waals surface area contributed by atoms with Crippen LogP contribution in [0.2, 0.25) is 0 Å². The summed E-state index contributed by atoms with van der Waals surface area (Å²) in [6.07, 6.45) is 3.36. The zero-order valence-electron chi connectivity index (χ0n) is 10.9. The molecule has 0 saturated carbocycles. The summed E-state index contributed by atoms with van der Waals surface area (Å²) in [5.74, 6) is 0.513. The van der Waals surface area contributed by atoms with Gasteiger partial charge in [0.2, 0.25) is 0 Å². The maximum Gasteiger partial charge on any atom is 0.180 e. The SMILES string of the molecule is CCc1ccc(C2CCc3nc(N)sc32)cc1C. The molecule has 3 heteroatoms. The van der Waals surface area contributed by atoms with Gasteiger partial charge in [-0.05, 0) is 42.9 Å². The van der Waals surface area contributed by atoms with Gasteiger partial charge in [-0.2, -0.15) is 0 Å². The van der Waals surface area contributed by atoms with Crippen LogP contribution in [0, 0.1) is 6.92 Å². The summed E-state index contributed by atoms with van der Waals surface area (Å²) < 4.78 is 0. The molecular weight excluding hydrogens is 240 g/mol. The number of thiazole rings is 1. The second-order valence-electron chi connectivity index (χ2n) is 4.99. The molecule has 2 aromatic rings. The molecule has 1 aliphatic rings. The van der Waals surface area contributed by atoms with Crippen molar-refractivity contribution in [3.63, 3.8) is 0 Å². The Labute approximate surface area is 112 Å². The number of aromatic nitrogens is 1. The lowest BCUT2D eigenvalue weighted by Crippen LogP contribution is -1.97. The maximum absolute atomic E-state index is 5.81. The molecule has 1 unspecified atom stereocenters. The number of fused-ring (bicyclic) bond motifs is 1. The molecule has 18 heavy (non-hydrogen) atoms. The zero-order valence-corrected chi connectivity index (χ0v) is 11.7. The number of rotatable bonds is 2. The Morgan fingerprint density at radius 2 is 2.28 bits per heavy atom. The number of anilines is 1. The summed E-state index contributed by atoms with van der Waals surface area (Å²) in [5, 5.41) is 0.714. The fourth-order valence-electron chi connectivity index (χ4n) is 2.90. The van der Waals surface area contributed by atoms with Gasteiger partial charge in [0, 0.05) is 10.8 Å². The van der Waals surface area contributed by atoms with Crippen molar-refractivity contribution < 1.29 is 0 Å². The van der Waals surface area contributed by atoms with E-state index in [-0.39, 0.29) is 0 Å². The molecule has 1 aromatic heterocycles. The van der Waals surface area contributed by atoms with Crippen LogP contribution in [0.1, 0.15) is 46.5 Å². The molecule has 1 heterocycles. The molecular formula is C15H18N2S. The summed E-state index contributed by atoms with van der Waals surface area (Å²) in [5.41, 5.74) is 11.3. The summed E-state index contributed by atoms with van der Waals surface area (Å²) in [6.45, 7) is 4.42. The van der Waals surface area contributed by atoms with E-state index in [4.69, 9.17) is 5.73 Å². The molecule has 1 aromatic carbocycles. The average Bonchev–Trinajstić information content (AvgIpc) is 2.87. The first-order valence-electron chi connectivity index (χ1n) is 6.53. The highest BCUT2D eigenvalue weighted by atomic mass is 32.1. The number of aryl methyl sites for hydroxylation is 3. The Bertz CT molecular complexity index is 586. The number of nitrogens with zero attached hydrogens (tertiary/aromatic N) is 1. The van der Waals surface area contributed by atoms with E-state index in [0.717, 1.165) is 12.8 Å². The van der Waals surface area contributed by atoms with Crippen molar-refractivity contribution in [2.75, 3.05) is 5.73 Å². The first-order chi connectivity index (χ1) is 8.69. The Balaban J connectivity index is 1.99. The van der Waals surface area contributed by atoms with Crippen molar-refractivity contribution in [1.29, 1.82) is 0 Å². The minimum absolute atomic E-state index is 0.513. The van der Waals surface area contributed by atoms with Gasteiger partial charge in [-0.3, -0.25) is 0 Å². The molecule has 0 aliphatic heterocycles. The van der Waals surface area contributed by atoms with Crippen LogP contribution in [0.5, 0.6) is 0 Å². The monoisotopic (exact) mass is 258 g/mol. The lowest BCUT2D eigenvalue weighted by molar-refractivity contribution is 0.789.